The van der Waals surface area contributed by atoms with E-state index in [1.807, 2.05) is 18.3 Å². The number of allylic oxidation sites excluding steroid dienone is 1. The van der Waals surface area contributed by atoms with Gasteiger partial charge in [0.15, 0.2) is 0 Å². The van der Waals surface area contributed by atoms with Crippen molar-refractivity contribution in [2.24, 2.45) is 4.99 Å². The van der Waals surface area contributed by atoms with Gasteiger partial charge in [-0.05, 0) is 24.3 Å². The quantitative estimate of drug-likeness (QED) is 0.606. The van der Waals surface area contributed by atoms with Crippen LogP contribution in [0.1, 0.15) is 0 Å². The Balaban J connectivity index is 2.17. The topological polar surface area (TPSA) is 40.2 Å². The normalized spacial score (nSPS) is 13.6. The van der Waals surface area contributed by atoms with Gasteiger partial charge in [0.2, 0.25) is 0 Å². The van der Waals surface area contributed by atoms with Crippen LogP contribution in [0.2, 0.25) is 0 Å². The Morgan fingerprint density at radius 2 is 1.89 bits per heavy atom. The van der Waals surface area contributed by atoms with Crippen LogP contribution in [0.25, 0.3) is 21.8 Å². The Kier molecular flexibility index (Phi) is 1.83. The number of nitrogens with zero attached hydrogens (tertiary/aromatic N) is 1. The molecule has 0 unspecified atom stereocenters. The molecule has 0 aliphatic carbocycles. The summed E-state index contributed by atoms with van der Waals surface area (Å²) in [5, 5.41) is 5.76. The van der Waals surface area contributed by atoms with Gasteiger partial charge in [0.1, 0.15) is 0 Å². The molecule has 0 amide bonds. The van der Waals surface area contributed by atoms with Crippen molar-refractivity contribution in [2.45, 2.75) is 0 Å². The fourth-order valence-electron chi connectivity index (χ4n) is 2.46. The highest BCUT2D eigenvalue weighted by Crippen LogP contribution is 2.37. The number of hydrogen-bond acceptors (Lipinski definition) is 2. The molecular weight excluding hydrogens is 222 g/mol. The summed E-state index contributed by atoms with van der Waals surface area (Å²) >= 11 is 0. The molecule has 1 aliphatic heterocycles. The minimum Gasteiger partial charge on any atom is -0.358 e. The molecule has 0 spiro atoms. The van der Waals surface area contributed by atoms with Crippen molar-refractivity contribution in [1.82, 2.24) is 4.98 Å². The van der Waals surface area contributed by atoms with E-state index in [-0.39, 0.29) is 0 Å². The maximum Gasteiger partial charge on any atom is 0.0886 e. The second kappa shape index (κ2) is 3.47. The molecule has 1 aromatic heterocycles. The number of benzene rings is 2. The number of aromatic nitrogens is 1. The third kappa shape index (κ3) is 1.21. The van der Waals surface area contributed by atoms with Crippen LogP contribution < -0.4 is 5.32 Å². The molecule has 86 valence electrons. The number of aliphatic imine (C=N–C) groups is 1. The summed E-state index contributed by atoms with van der Waals surface area (Å²) in [6, 6.07) is 12.5. The van der Waals surface area contributed by atoms with Crippen molar-refractivity contribution in [3.8, 4) is 0 Å². The lowest BCUT2D eigenvalue weighted by Crippen LogP contribution is -1.87. The molecule has 0 bridgehead atoms. The van der Waals surface area contributed by atoms with Gasteiger partial charge in [0, 0.05) is 28.7 Å². The van der Waals surface area contributed by atoms with Gasteiger partial charge in [-0.2, -0.15) is 0 Å². The predicted octanol–water partition coefficient (Wildman–Crippen LogP) is 3.96. The zero-order valence-electron chi connectivity index (χ0n) is 9.64. The van der Waals surface area contributed by atoms with E-state index in [9.17, 15) is 0 Å². The lowest BCUT2D eigenvalue weighted by Gasteiger charge is -2.05. The number of nitrogens with one attached hydrogen (secondary N) is 2. The van der Waals surface area contributed by atoms with E-state index in [4.69, 9.17) is 0 Å². The third-order valence-corrected chi connectivity index (χ3v) is 3.28. The second-order valence-electron chi connectivity index (χ2n) is 4.33. The van der Waals surface area contributed by atoms with Crippen molar-refractivity contribution in [3.63, 3.8) is 0 Å². The standard InChI is InChI=1S/C15H11N3/c1-2-5-12-10(4-1)11-6-7-13-15(14(11)18-12)17-9-3-8-16-13/h1-9,17-18H. The zero-order valence-corrected chi connectivity index (χ0v) is 9.64. The largest absolute Gasteiger partial charge is 0.358 e. The van der Waals surface area contributed by atoms with Crippen molar-refractivity contribution >= 4 is 39.4 Å². The number of para-hydroxylation sites is 1. The molecule has 2 N–H and O–H groups in total. The first-order chi connectivity index (χ1) is 8.93. The Labute approximate surface area is 104 Å². The van der Waals surface area contributed by atoms with Gasteiger partial charge in [0.25, 0.3) is 0 Å². The molecular formula is C15H11N3. The van der Waals surface area contributed by atoms with Crippen LogP contribution >= 0.6 is 0 Å². The van der Waals surface area contributed by atoms with Crippen molar-refractivity contribution in [1.29, 1.82) is 0 Å². The highest BCUT2D eigenvalue weighted by Gasteiger charge is 2.11. The fourth-order valence-corrected chi connectivity index (χ4v) is 2.46. The van der Waals surface area contributed by atoms with Gasteiger partial charge in [-0.15, -0.1) is 0 Å². The summed E-state index contributed by atoms with van der Waals surface area (Å²) in [5.74, 6) is 0. The number of anilines is 1. The first kappa shape index (κ1) is 9.48. The number of rotatable bonds is 0. The summed E-state index contributed by atoms with van der Waals surface area (Å²) in [5.41, 5.74) is 4.25. The fraction of sp³-hybridized carbons (Fsp3) is 0. The molecule has 0 fully saturated rings. The SMILES string of the molecule is C1=CNc2c(ccc3c2[nH]c2ccccc23)N=C1. The van der Waals surface area contributed by atoms with Crippen molar-refractivity contribution < 1.29 is 0 Å². The highest BCUT2D eigenvalue weighted by atomic mass is 14.9. The van der Waals surface area contributed by atoms with Crippen LogP contribution in [0, 0.1) is 0 Å². The molecule has 0 atom stereocenters. The van der Waals surface area contributed by atoms with Gasteiger partial charge in [-0.1, -0.05) is 18.2 Å². The van der Waals surface area contributed by atoms with Crippen molar-refractivity contribution in [3.05, 3.63) is 48.7 Å². The van der Waals surface area contributed by atoms with Gasteiger partial charge in [0.05, 0.1) is 16.9 Å². The predicted molar refractivity (Wildman–Crippen MR) is 76.7 cm³/mol. The van der Waals surface area contributed by atoms with Crippen molar-refractivity contribution in [2.75, 3.05) is 5.32 Å². The average molecular weight is 233 g/mol. The molecule has 4 rings (SSSR count). The van der Waals surface area contributed by atoms with E-state index < -0.39 is 0 Å². The van der Waals surface area contributed by atoms with E-state index in [1.165, 1.54) is 10.8 Å². The third-order valence-electron chi connectivity index (χ3n) is 3.28. The lowest BCUT2D eigenvalue weighted by molar-refractivity contribution is 1.49. The molecule has 18 heavy (non-hydrogen) atoms. The maximum atomic E-state index is 4.41. The Bertz CT molecular complexity index is 809. The summed E-state index contributed by atoms with van der Waals surface area (Å²) in [7, 11) is 0. The van der Waals surface area contributed by atoms with Gasteiger partial charge in [-0.25, -0.2) is 0 Å². The van der Waals surface area contributed by atoms with Gasteiger partial charge >= 0.3 is 0 Å². The summed E-state index contributed by atoms with van der Waals surface area (Å²) in [6.45, 7) is 0. The summed E-state index contributed by atoms with van der Waals surface area (Å²) in [4.78, 5) is 7.88. The molecule has 1 aliphatic rings. The van der Waals surface area contributed by atoms with E-state index in [0.29, 0.717) is 0 Å². The number of aromatic amines is 1. The molecule has 3 aromatic rings. The second-order valence-corrected chi connectivity index (χ2v) is 4.33. The summed E-state index contributed by atoms with van der Waals surface area (Å²) in [6.07, 6.45) is 5.60. The lowest BCUT2D eigenvalue weighted by atomic mass is 10.1. The van der Waals surface area contributed by atoms with Crippen LogP contribution in [0.5, 0.6) is 0 Å². The average Bonchev–Trinajstić information content (AvgIpc) is 2.62. The number of fused-ring (bicyclic) bond motifs is 5. The Morgan fingerprint density at radius 1 is 0.944 bits per heavy atom. The molecule has 2 aromatic carbocycles. The number of H-pyrrole nitrogens is 1. The van der Waals surface area contributed by atoms with Gasteiger partial charge in [-0.3, -0.25) is 4.99 Å². The number of hydrogen-bond donors (Lipinski definition) is 2. The molecule has 0 saturated carbocycles. The monoisotopic (exact) mass is 233 g/mol. The molecule has 0 saturated heterocycles. The first-order valence-corrected chi connectivity index (χ1v) is 5.93. The van der Waals surface area contributed by atoms with E-state index in [2.05, 4.69) is 45.6 Å². The van der Waals surface area contributed by atoms with Crippen LogP contribution in [0.3, 0.4) is 0 Å². The molecule has 0 radical (unpaired) electrons. The van der Waals surface area contributed by atoms with E-state index in [0.717, 1.165) is 22.4 Å². The molecule has 3 nitrogen and oxygen atoms in total. The summed E-state index contributed by atoms with van der Waals surface area (Å²) < 4.78 is 0. The molecule has 2 heterocycles. The highest BCUT2D eigenvalue weighted by molar-refractivity contribution is 6.13. The van der Waals surface area contributed by atoms with Gasteiger partial charge < -0.3 is 10.3 Å². The van der Waals surface area contributed by atoms with Crippen LogP contribution in [-0.2, 0) is 0 Å². The minimum absolute atomic E-state index is 0.957. The maximum absolute atomic E-state index is 4.41. The Morgan fingerprint density at radius 3 is 2.89 bits per heavy atom. The zero-order chi connectivity index (χ0) is 11.9. The molecule has 3 heteroatoms. The first-order valence-electron chi connectivity index (χ1n) is 5.93. The van der Waals surface area contributed by atoms with Crippen LogP contribution in [0.4, 0.5) is 11.4 Å². The van der Waals surface area contributed by atoms with E-state index in [1.54, 1.807) is 6.21 Å². The van der Waals surface area contributed by atoms with E-state index >= 15 is 0 Å². The van der Waals surface area contributed by atoms with Crippen LogP contribution in [-0.4, -0.2) is 11.2 Å². The smallest absolute Gasteiger partial charge is 0.0886 e. The van der Waals surface area contributed by atoms with Crippen LogP contribution in [0.15, 0.2) is 53.7 Å². The Hall–Kier alpha value is -2.55. The minimum atomic E-state index is 0.957.